The van der Waals surface area contributed by atoms with E-state index in [0.29, 0.717) is 0 Å². The van der Waals surface area contributed by atoms with Crippen LogP contribution >= 0.6 is 0 Å². The van der Waals surface area contributed by atoms with E-state index < -0.39 is 0 Å². The summed E-state index contributed by atoms with van der Waals surface area (Å²) in [4.78, 5) is 0. The average molecular weight is 166 g/mol. The van der Waals surface area contributed by atoms with Crippen molar-refractivity contribution in [2.75, 3.05) is 0 Å². The highest BCUT2D eigenvalue weighted by molar-refractivity contribution is 4.31. The first kappa shape index (κ1) is 44.0. The molecule has 0 amide bonds. The molecule has 0 aromatic rings. The zero-order chi connectivity index (χ0) is 4.83. The summed E-state index contributed by atoms with van der Waals surface area (Å²) in [5.41, 5.74) is 0. The van der Waals surface area contributed by atoms with E-state index in [1.807, 2.05) is 0 Å². The van der Waals surface area contributed by atoms with Gasteiger partial charge in [0.25, 0.3) is 0 Å². The minimum atomic E-state index is 0. The van der Waals surface area contributed by atoms with Crippen LogP contribution in [0.1, 0.15) is 76.7 Å². The minimum Gasteiger partial charge on any atom is -0.0776 e. The van der Waals surface area contributed by atoms with E-state index >= 15 is 0 Å². The molecule has 0 rings (SSSR count). The van der Waals surface area contributed by atoms with Crippen LogP contribution in [0.5, 0.6) is 0 Å². The maximum absolute atomic E-state index is 2.23. The van der Waals surface area contributed by atoms with Crippen LogP contribution in [0, 0.1) is 0 Å². The molecule has 0 N–H and O–H groups in total. The molecule has 0 aromatic heterocycles. The lowest BCUT2D eigenvalue weighted by molar-refractivity contribution is 0.702. The zero-order valence-electron chi connectivity index (χ0n) is 4.83. The molecule has 0 radical (unpaired) electrons. The van der Waals surface area contributed by atoms with E-state index in [9.17, 15) is 0 Å². The van der Waals surface area contributed by atoms with Crippen LogP contribution in [0.25, 0.3) is 0 Å². The molecular formula is C11H34. The van der Waals surface area contributed by atoms with E-state index in [0.717, 1.165) is 0 Å². The third-order valence-electron chi connectivity index (χ3n) is 0.957. The SMILES string of the molecule is C.C.C.C.C.CCCCCC. The first-order valence-electron chi connectivity index (χ1n) is 2.91. The van der Waals surface area contributed by atoms with Crippen molar-refractivity contribution in [2.24, 2.45) is 0 Å². The molecule has 0 aliphatic heterocycles. The Morgan fingerprint density at radius 3 is 0.818 bits per heavy atom. The number of hydrogen-bond acceptors (Lipinski definition) is 0. The molecule has 0 unspecified atom stereocenters. The second-order valence-corrected chi connectivity index (χ2v) is 1.71. The Morgan fingerprint density at radius 2 is 0.727 bits per heavy atom. The van der Waals surface area contributed by atoms with Gasteiger partial charge in [-0.3, -0.25) is 0 Å². The Morgan fingerprint density at radius 1 is 0.545 bits per heavy atom. The van der Waals surface area contributed by atoms with E-state index in [-0.39, 0.29) is 37.1 Å². The van der Waals surface area contributed by atoms with Gasteiger partial charge >= 0.3 is 0 Å². The standard InChI is InChI=1S/C6H14.5CH4/c1-3-5-6-4-2;;;;;/h3-6H2,1-2H3;5*1H4. The largest absolute Gasteiger partial charge is 0.0776 e. The highest BCUT2D eigenvalue weighted by atomic mass is 13.8. The molecule has 0 aliphatic rings. The minimum absolute atomic E-state index is 0. The van der Waals surface area contributed by atoms with Crippen molar-refractivity contribution in [1.29, 1.82) is 0 Å². The fourth-order valence-electron chi connectivity index (χ4n) is 0.500. The zero-order valence-corrected chi connectivity index (χ0v) is 4.83. The lowest BCUT2D eigenvalue weighted by Crippen LogP contribution is -1.66. The van der Waals surface area contributed by atoms with Gasteiger partial charge in [0.05, 0.1) is 0 Å². The van der Waals surface area contributed by atoms with Crippen LogP contribution in [-0.4, -0.2) is 0 Å². The van der Waals surface area contributed by atoms with Gasteiger partial charge in [0.1, 0.15) is 0 Å². The van der Waals surface area contributed by atoms with Crippen molar-refractivity contribution in [1.82, 2.24) is 0 Å². The number of hydrogen-bond donors (Lipinski definition) is 0. The van der Waals surface area contributed by atoms with Crippen LogP contribution < -0.4 is 0 Å². The Labute approximate surface area is 77.4 Å². The van der Waals surface area contributed by atoms with Crippen molar-refractivity contribution >= 4 is 0 Å². The summed E-state index contributed by atoms with van der Waals surface area (Å²) in [6.07, 6.45) is 5.54. The fourth-order valence-corrected chi connectivity index (χ4v) is 0.500. The Hall–Kier alpha value is 0. The van der Waals surface area contributed by atoms with E-state index in [2.05, 4.69) is 13.8 Å². The summed E-state index contributed by atoms with van der Waals surface area (Å²) in [7, 11) is 0. The molecule has 0 heterocycles. The molecule has 0 atom stereocenters. The molecule has 0 aromatic carbocycles. The van der Waals surface area contributed by atoms with Gasteiger partial charge in [0, 0.05) is 0 Å². The van der Waals surface area contributed by atoms with Crippen LogP contribution in [0.4, 0.5) is 0 Å². The number of unbranched alkanes of at least 4 members (excludes halogenated alkanes) is 3. The van der Waals surface area contributed by atoms with Gasteiger partial charge in [-0.15, -0.1) is 0 Å². The molecule has 0 saturated carbocycles. The first-order chi connectivity index (χ1) is 2.91. The fraction of sp³-hybridized carbons (Fsp3) is 1.00. The highest BCUT2D eigenvalue weighted by Crippen LogP contribution is 1.95. The summed E-state index contributed by atoms with van der Waals surface area (Å²) in [6.45, 7) is 4.46. The first-order valence-corrected chi connectivity index (χ1v) is 2.91. The molecular weight excluding hydrogens is 132 g/mol. The molecule has 0 aliphatic carbocycles. The lowest BCUT2D eigenvalue weighted by atomic mass is 10.2. The monoisotopic (exact) mass is 166 g/mol. The molecule has 0 spiro atoms. The maximum atomic E-state index is 2.23. The average Bonchev–Trinajstić information content (AvgIpc) is 1.61. The predicted octanol–water partition coefficient (Wildman–Crippen LogP) is 5.77. The third kappa shape index (κ3) is 71.1. The second-order valence-electron chi connectivity index (χ2n) is 1.71. The van der Waals surface area contributed by atoms with Gasteiger partial charge in [0.15, 0.2) is 0 Å². The van der Waals surface area contributed by atoms with Crippen molar-refractivity contribution in [2.45, 2.75) is 76.7 Å². The van der Waals surface area contributed by atoms with E-state index in [1.54, 1.807) is 0 Å². The predicted molar refractivity (Wildman–Crippen MR) is 63.5 cm³/mol. The normalized spacial score (nSPS) is 4.91. The van der Waals surface area contributed by atoms with Crippen molar-refractivity contribution in [3.05, 3.63) is 0 Å². The van der Waals surface area contributed by atoms with E-state index in [4.69, 9.17) is 0 Å². The Bertz CT molecular complexity index is 12.0. The maximum Gasteiger partial charge on any atom is -0.0536 e. The van der Waals surface area contributed by atoms with E-state index in [1.165, 1.54) is 25.7 Å². The van der Waals surface area contributed by atoms with Gasteiger partial charge in [0.2, 0.25) is 0 Å². The van der Waals surface area contributed by atoms with Crippen LogP contribution in [0.2, 0.25) is 0 Å². The smallest absolute Gasteiger partial charge is 0.0536 e. The Kier molecular flexibility index (Phi) is 202. The van der Waals surface area contributed by atoms with Crippen LogP contribution in [0.3, 0.4) is 0 Å². The summed E-state index contributed by atoms with van der Waals surface area (Å²) < 4.78 is 0. The molecule has 11 heavy (non-hydrogen) atoms. The second kappa shape index (κ2) is 50.6. The van der Waals surface area contributed by atoms with Crippen molar-refractivity contribution in [3.8, 4) is 0 Å². The van der Waals surface area contributed by atoms with Crippen LogP contribution in [0.15, 0.2) is 0 Å². The molecule has 0 saturated heterocycles. The van der Waals surface area contributed by atoms with Gasteiger partial charge in [-0.25, -0.2) is 0 Å². The quantitative estimate of drug-likeness (QED) is 0.467. The van der Waals surface area contributed by atoms with Gasteiger partial charge in [-0.05, 0) is 0 Å². The summed E-state index contributed by atoms with van der Waals surface area (Å²) in [5, 5.41) is 0. The van der Waals surface area contributed by atoms with Crippen molar-refractivity contribution in [3.63, 3.8) is 0 Å². The highest BCUT2D eigenvalue weighted by Gasteiger charge is 1.75. The summed E-state index contributed by atoms with van der Waals surface area (Å²) >= 11 is 0. The molecule has 0 heteroatoms. The van der Waals surface area contributed by atoms with Crippen LogP contribution in [-0.2, 0) is 0 Å². The molecule has 0 fully saturated rings. The Balaban J connectivity index is -0.0000000125. The van der Waals surface area contributed by atoms with Crippen molar-refractivity contribution < 1.29 is 0 Å². The summed E-state index contributed by atoms with van der Waals surface area (Å²) in [5.74, 6) is 0. The molecule has 0 bridgehead atoms. The lowest BCUT2D eigenvalue weighted by Gasteiger charge is -1.86. The topological polar surface area (TPSA) is 0 Å². The third-order valence-corrected chi connectivity index (χ3v) is 0.957. The van der Waals surface area contributed by atoms with Gasteiger partial charge < -0.3 is 0 Å². The molecule has 0 nitrogen and oxygen atoms in total. The summed E-state index contributed by atoms with van der Waals surface area (Å²) in [6, 6.07) is 0. The van der Waals surface area contributed by atoms with Gasteiger partial charge in [-0.2, -0.15) is 0 Å². The number of rotatable bonds is 3. The molecule has 78 valence electrons. The van der Waals surface area contributed by atoms with Gasteiger partial charge in [-0.1, -0.05) is 76.7 Å².